The lowest BCUT2D eigenvalue weighted by Crippen LogP contribution is -2.23. The normalized spacial score (nSPS) is 10.3. The molecular weight excluding hydrogens is 294 g/mol. The van der Waals surface area contributed by atoms with E-state index in [1.807, 2.05) is 30.3 Å². The van der Waals surface area contributed by atoms with E-state index in [1.165, 1.54) is 12.4 Å². The Balaban J connectivity index is 1.59. The third-order valence-corrected chi connectivity index (χ3v) is 3.11. The van der Waals surface area contributed by atoms with E-state index < -0.39 is 0 Å². The van der Waals surface area contributed by atoms with E-state index in [2.05, 4.69) is 15.3 Å². The maximum absolute atomic E-state index is 12.1. The highest BCUT2D eigenvalue weighted by Gasteiger charge is 2.10. The van der Waals surface area contributed by atoms with Gasteiger partial charge in [0, 0.05) is 6.07 Å². The Hall–Kier alpha value is -3.15. The van der Waals surface area contributed by atoms with Gasteiger partial charge in [-0.15, -0.1) is 0 Å². The summed E-state index contributed by atoms with van der Waals surface area (Å²) in [6, 6.07) is 14.8. The van der Waals surface area contributed by atoms with Gasteiger partial charge < -0.3 is 14.5 Å². The Morgan fingerprint density at radius 3 is 2.78 bits per heavy atom. The van der Waals surface area contributed by atoms with Crippen LogP contribution < -0.4 is 10.1 Å². The maximum Gasteiger partial charge on any atom is 0.270 e. The molecule has 0 aliphatic heterocycles. The summed E-state index contributed by atoms with van der Waals surface area (Å²) < 4.78 is 10.7. The molecule has 3 aromatic rings. The van der Waals surface area contributed by atoms with Crippen LogP contribution >= 0.6 is 0 Å². The highest BCUT2D eigenvalue weighted by molar-refractivity contribution is 5.92. The zero-order chi connectivity index (χ0) is 15.9. The Kier molecular flexibility index (Phi) is 4.63. The molecule has 1 amide bonds. The average molecular weight is 309 g/mol. The number of hydrogen-bond donors (Lipinski definition) is 1. The van der Waals surface area contributed by atoms with Crippen molar-refractivity contribution < 1.29 is 13.9 Å². The first-order valence-electron chi connectivity index (χ1n) is 7.10. The van der Waals surface area contributed by atoms with Crippen molar-refractivity contribution in [1.29, 1.82) is 0 Å². The number of aromatic nitrogens is 2. The SMILES string of the molecule is O=C(NCc1ccco1)c1cc(OCc2ccccc2)ncn1. The van der Waals surface area contributed by atoms with Gasteiger partial charge in [0.05, 0.1) is 12.8 Å². The summed E-state index contributed by atoms with van der Waals surface area (Å²) in [5.74, 6) is 0.716. The number of carbonyl (C=O) groups excluding carboxylic acids is 1. The lowest BCUT2D eigenvalue weighted by molar-refractivity contribution is 0.0942. The standard InChI is InChI=1S/C17H15N3O3/c21-17(18-10-14-7-4-8-22-14)15-9-16(20-12-19-15)23-11-13-5-2-1-3-6-13/h1-9,12H,10-11H2,(H,18,21). The molecule has 0 spiro atoms. The third kappa shape index (κ3) is 4.16. The number of benzene rings is 1. The second kappa shape index (κ2) is 7.22. The lowest BCUT2D eigenvalue weighted by atomic mass is 10.2. The molecule has 1 N–H and O–H groups in total. The summed E-state index contributed by atoms with van der Waals surface area (Å²) in [7, 11) is 0. The molecule has 0 bridgehead atoms. The number of furan rings is 1. The van der Waals surface area contributed by atoms with Crippen LogP contribution in [-0.4, -0.2) is 15.9 Å². The van der Waals surface area contributed by atoms with E-state index in [9.17, 15) is 4.79 Å². The van der Waals surface area contributed by atoms with E-state index in [0.29, 0.717) is 24.8 Å². The van der Waals surface area contributed by atoms with Crippen molar-refractivity contribution in [3.8, 4) is 5.88 Å². The van der Waals surface area contributed by atoms with Crippen LogP contribution in [0.25, 0.3) is 0 Å². The van der Waals surface area contributed by atoms with E-state index in [0.717, 1.165) is 5.56 Å². The summed E-state index contributed by atoms with van der Waals surface area (Å²) in [4.78, 5) is 20.0. The summed E-state index contributed by atoms with van der Waals surface area (Å²) in [6.45, 7) is 0.682. The van der Waals surface area contributed by atoms with Gasteiger partial charge in [0.2, 0.25) is 5.88 Å². The minimum atomic E-state index is -0.312. The van der Waals surface area contributed by atoms with Crippen LogP contribution in [0.2, 0.25) is 0 Å². The molecule has 0 saturated carbocycles. The van der Waals surface area contributed by atoms with Crippen molar-refractivity contribution in [2.75, 3.05) is 0 Å². The first kappa shape index (κ1) is 14.8. The highest BCUT2D eigenvalue weighted by Crippen LogP contribution is 2.10. The number of rotatable bonds is 6. The van der Waals surface area contributed by atoms with Gasteiger partial charge in [-0.25, -0.2) is 9.97 Å². The quantitative estimate of drug-likeness (QED) is 0.757. The first-order valence-corrected chi connectivity index (χ1v) is 7.10. The van der Waals surface area contributed by atoms with Gasteiger partial charge in [-0.05, 0) is 17.7 Å². The van der Waals surface area contributed by atoms with Crippen molar-refractivity contribution in [3.63, 3.8) is 0 Å². The Labute approximate surface area is 133 Å². The summed E-state index contributed by atoms with van der Waals surface area (Å²) in [5.41, 5.74) is 1.27. The minimum absolute atomic E-state index is 0.245. The minimum Gasteiger partial charge on any atom is -0.473 e. The fourth-order valence-corrected chi connectivity index (χ4v) is 1.95. The maximum atomic E-state index is 12.1. The Morgan fingerprint density at radius 1 is 1.13 bits per heavy atom. The van der Waals surface area contributed by atoms with E-state index in [4.69, 9.17) is 9.15 Å². The molecule has 1 aromatic carbocycles. The highest BCUT2D eigenvalue weighted by atomic mass is 16.5. The monoisotopic (exact) mass is 309 g/mol. The van der Waals surface area contributed by atoms with Crippen LogP contribution in [0.15, 0.2) is 65.5 Å². The van der Waals surface area contributed by atoms with Crippen LogP contribution in [0.1, 0.15) is 21.8 Å². The molecule has 116 valence electrons. The number of nitrogens with one attached hydrogen (secondary N) is 1. The number of carbonyl (C=O) groups is 1. The molecule has 0 fully saturated rings. The van der Waals surface area contributed by atoms with Gasteiger partial charge in [0.15, 0.2) is 0 Å². The van der Waals surface area contributed by atoms with Crippen LogP contribution in [-0.2, 0) is 13.2 Å². The predicted molar refractivity (Wildman–Crippen MR) is 82.7 cm³/mol. The van der Waals surface area contributed by atoms with Crippen molar-refractivity contribution >= 4 is 5.91 Å². The van der Waals surface area contributed by atoms with Crippen molar-refractivity contribution in [2.45, 2.75) is 13.2 Å². The van der Waals surface area contributed by atoms with E-state index >= 15 is 0 Å². The fourth-order valence-electron chi connectivity index (χ4n) is 1.95. The van der Waals surface area contributed by atoms with Gasteiger partial charge in [-0.1, -0.05) is 30.3 Å². The van der Waals surface area contributed by atoms with Crippen LogP contribution in [0.4, 0.5) is 0 Å². The van der Waals surface area contributed by atoms with E-state index in [-0.39, 0.29) is 11.6 Å². The van der Waals surface area contributed by atoms with Crippen molar-refractivity contribution in [1.82, 2.24) is 15.3 Å². The summed E-state index contributed by atoms with van der Waals surface area (Å²) in [6.07, 6.45) is 2.86. The molecule has 6 heteroatoms. The van der Waals surface area contributed by atoms with Crippen LogP contribution in [0, 0.1) is 0 Å². The lowest BCUT2D eigenvalue weighted by Gasteiger charge is -2.07. The van der Waals surface area contributed by atoms with Crippen LogP contribution in [0.5, 0.6) is 5.88 Å². The summed E-state index contributed by atoms with van der Waals surface area (Å²) in [5, 5.41) is 2.72. The number of hydrogen-bond acceptors (Lipinski definition) is 5. The Bertz CT molecular complexity index is 758. The Morgan fingerprint density at radius 2 is 2.00 bits per heavy atom. The van der Waals surface area contributed by atoms with Crippen LogP contribution in [0.3, 0.4) is 0 Å². The zero-order valence-corrected chi connectivity index (χ0v) is 12.3. The second-order valence-corrected chi connectivity index (χ2v) is 4.78. The molecule has 2 aromatic heterocycles. The topological polar surface area (TPSA) is 77.2 Å². The summed E-state index contributed by atoms with van der Waals surface area (Å²) >= 11 is 0. The zero-order valence-electron chi connectivity index (χ0n) is 12.3. The molecule has 0 saturated heterocycles. The molecule has 0 unspecified atom stereocenters. The molecule has 6 nitrogen and oxygen atoms in total. The van der Waals surface area contributed by atoms with Gasteiger partial charge in [0.25, 0.3) is 5.91 Å². The molecule has 23 heavy (non-hydrogen) atoms. The molecule has 2 heterocycles. The third-order valence-electron chi connectivity index (χ3n) is 3.11. The predicted octanol–water partition coefficient (Wildman–Crippen LogP) is 2.58. The first-order chi connectivity index (χ1) is 11.3. The molecular formula is C17H15N3O3. The van der Waals surface area contributed by atoms with Gasteiger partial charge in [-0.2, -0.15) is 0 Å². The molecule has 3 rings (SSSR count). The molecule has 0 radical (unpaired) electrons. The molecule has 0 aliphatic carbocycles. The fraction of sp³-hybridized carbons (Fsp3) is 0.118. The number of nitrogens with zero attached hydrogens (tertiary/aromatic N) is 2. The van der Waals surface area contributed by atoms with Crippen molar-refractivity contribution in [3.05, 3.63) is 78.1 Å². The largest absolute Gasteiger partial charge is 0.473 e. The number of amides is 1. The van der Waals surface area contributed by atoms with Gasteiger partial charge in [-0.3, -0.25) is 4.79 Å². The molecule has 0 atom stereocenters. The van der Waals surface area contributed by atoms with Gasteiger partial charge in [0.1, 0.15) is 24.4 Å². The average Bonchev–Trinajstić information content (AvgIpc) is 3.12. The second-order valence-electron chi connectivity index (χ2n) is 4.78. The smallest absolute Gasteiger partial charge is 0.270 e. The van der Waals surface area contributed by atoms with E-state index in [1.54, 1.807) is 18.4 Å². The number of ether oxygens (including phenoxy) is 1. The van der Waals surface area contributed by atoms with Crippen molar-refractivity contribution in [2.24, 2.45) is 0 Å². The van der Waals surface area contributed by atoms with Gasteiger partial charge >= 0.3 is 0 Å². The molecule has 0 aliphatic rings.